The van der Waals surface area contributed by atoms with E-state index in [0.717, 1.165) is 44.3 Å². The van der Waals surface area contributed by atoms with Gasteiger partial charge in [0.15, 0.2) is 0 Å². The lowest BCUT2D eigenvalue weighted by Gasteiger charge is -2.18. The molecular weight excluding hydrogens is 258 g/mol. The molecule has 0 saturated carbocycles. The summed E-state index contributed by atoms with van der Waals surface area (Å²) in [4.78, 5) is 16.0. The number of hydrogen-bond donors (Lipinski definition) is 1. The van der Waals surface area contributed by atoms with E-state index in [4.69, 9.17) is 5.11 Å². The molecule has 0 aromatic carbocycles. The average molecular weight is 279 g/mol. The minimum atomic E-state index is 0.222. The van der Waals surface area contributed by atoms with Crippen LogP contribution in [0.3, 0.4) is 0 Å². The maximum atomic E-state index is 12.6. The zero-order valence-electron chi connectivity index (χ0n) is 11.2. The second-order valence-electron chi connectivity index (χ2n) is 5.68. The highest BCUT2D eigenvalue weighted by Crippen LogP contribution is 2.32. The molecule has 2 aliphatic rings. The molecule has 1 fully saturated rings. The van der Waals surface area contributed by atoms with Crippen LogP contribution >= 0.6 is 11.3 Å². The first-order chi connectivity index (χ1) is 9.29. The molecule has 1 amide bonds. The lowest BCUT2D eigenvalue weighted by Crippen LogP contribution is -2.29. The van der Waals surface area contributed by atoms with Crippen molar-refractivity contribution in [2.75, 3.05) is 19.7 Å². The van der Waals surface area contributed by atoms with Gasteiger partial charge in [-0.25, -0.2) is 0 Å². The van der Waals surface area contributed by atoms with Gasteiger partial charge in [0, 0.05) is 30.0 Å². The van der Waals surface area contributed by atoms with Crippen molar-refractivity contribution in [3.8, 4) is 0 Å². The van der Waals surface area contributed by atoms with Gasteiger partial charge in [0.05, 0.1) is 5.56 Å². The van der Waals surface area contributed by atoms with Gasteiger partial charge in [0.2, 0.25) is 0 Å². The maximum absolute atomic E-state index is 12.6. The Morgan fingerprint density at radius 1 is 1.42 bits per heavy atom. The third-order valence-corrected chi connectivity index (χ3v) is 5.49. The number of carbonyl (C=O) groups excluding carboxylic acids is 1. The quantitative estimate of drug-likeness (QED) is 0.923. The third kappa shape index (κ3) is 2.56. The molecule has 1 aliphatic heterocycles. The summed E-state index contributed by atoms with van der Waals surface area (Å²) in [6.45, 7) is 1.92. The summed E-state index contributed by atoms with van der Waals surface area (Å²) in [5.41, 5.74) is 2.29. The summed E-state index contributed by atoms with van der Waals surface area (Å²) in [6.07, 6.45) is 6.58. The van der Waals surface area contributed by atoms with Crippen LogP contribution in [0.25, 0.3) is 0 Å². The highest BCUT2D eigenvalue weighted by Gasteiger charge is 2.29. The lowest BCUT2D eigenvalue weighted by atomic mass is 9.95. The van der Waals surface area contributed by atoms with E-state index in [2.05, 4.69) is 5.38 Å². The molecule has 1 atom stereocenters. The van der Waals surface area contributed by atoms with Crippen molar-refractivity contribution in [2.24, 2.45) is 5.92 Å². The van der Waals surface area contributed by atoms with Crippen molar-refractivity contribution in [2.45, 2.75) is 38.5 Å². The molecule has 2 heterocycles. The molecule has 1 aromatic heterocycles. The zero-order valence-corrected chi connectivity index (χ0v) is 12.0. The molecule has 0 radical (unpaired) electrons. The Balaban J connectivity index is 1.72. The molecule has 1 aromatic rings. The van der Waals surface area contributed by atoms with Gasteiger partial charge >= 0.3 is 0 Å². The first-order valence-electron chi connectivity index (χ1n) is 7.29. The van der Waals surface area contributed by atoms with Crippen molar-refractivity contribution in [3.63, 3.8) is 0 Å². The third-order valence-electron chi connectivity index (χ3n) is 4.40. The SMILES string of the molecule is O=C(c1csc2c1CCCC2)N1CCC(CCO)C1. The molecule has 104 valence electrons. The first-order valence-corrected chi connectivity index (χ1v) is 8.17. The average Bonchev–Trinajstić information content (AvgIpc) is 3.05. The number of fused-ring (bicyclic) bond motifs is 1. The molecule has 3 nitrogen and oxygen atoms in total. The zero-order chi connectivity index (χ0) is 13.2. The first kappa shape index (κ1) is 13.1. The molecule has 19 heavy (non-hydrogen) atoms. The number of likely N-dealkylation sites (tertiary alicyclic amines) is 1. The number of amides is 1. The topological polar surface area (TPSA) is 40.5 Å². The maximum Gasteiger partial charge on any atom is 0.254 e. The largest absolute Gasteiger partial charge is 0.396 e. The van der Waals surface area contributed by atoms with Gasteiger partial charge in [0.25, 0.3) is 5.91 Å². The smallest absolute Gasteiger partial charge is 0.254 e. The van der Waals surface area contributed by atoms with E-state index in [9.17, 15) is 4.79 Å². The van der Waals surface area contributed by atoms with E-state index in [1.165, 1.54) is 23.3 Å². The summed E-state index contributed by atoms with van der Waals surface area (Å²) >= 11 is 1.76. The predicted molar refractivity (Wildman–Crippen MR) is 76.7 cm³/mol. The number of aliphatic hydroxyl groups excluding tert-OH is 1. The number of thiophene rings is 1. The second kappa shape index (κ2) is 5.63. The van der Waals surface area contributed by atoms with Crippen molar-refractivity contribution >= 4 is 17.2 Å². The second-order valence-corrected chi connectivity index (χ2v) is 6.64. The number of aliphatic hydroxyl groups is 1. The number of nitrogens with zero attached hydrogens (tertiary/aromatic N) is 1. The van der Waals surface area contributed by atoms with Crippen LogP contribution in [0, 0.1) is 5.92 Å². The van der Waals surface area contributed by atoms with Crippen LogP contribution in [0.5, 0.6) is 0 Å². The normalized spacial score (nSPS) is 22.6. The van der Waals surface area contributed by atoms with Crippen LogP contribution in [-0.2, 0) is 12.8 Å². The Labute approximate surface area is 118 Å². The van der Waals surface area contributed by atoms with Crippen LogP contribution < -0.4 is 0 Å². The number of aryl methyl sites for hydroxylation is 1. The molecular formula is C15H21NO2S. The highest BCUT2D eigenvalue weighted by molar-refractivity contribution is 7.10. The molecule has 1 N–H and O–H groups in total. The van der Waals surface area contributed by atoms with Crippen molar-refractivity contribution in [1.82, 2.24) is 4.90 Å². The standard InChI is InChI=1S/C15H21NO2S/c17-8-6-11-5-7-16(9-11)15(18)13-10-19-14-4-2-1-3-12(13)14/h10-11,17H,1-9H2. The Kier molecular flexibility index (Phi) is 3.89. The van der Waals surface area contributed by atoms with Gasteiger partial charge in [-0.05, 0) is 50.0 Å². The monoisotopic (exact) mass is 279 g/mol. The van der Waals surface area contributed by atoms with E-state index >= 15 is 0 Å². The Bertz CT molecular complexity index is 469. The number of rotatable bonds is 3. The van der Waals surface area contributed by atoms with E-state index in [1.807, 2.05) is 4.90 Å². The molecule has 1 unspecified atom stereocenters. The summed E-state index contributed by atoms with van der Waals surface area (Å²) in [5.74, 6) is 0.711. The summed E-state index contributed by atoms with van der Waals surface area (Å²) in [7, 11) is 0. The van der Waals surface area contributed by atoms with Gasteiger partial charge < -0.3 is 10.0 Å². The molecule has 0 bridgehead atoms. The van der Waals surface area contributed by atoms with Gasteiger partial charge in [0.1, 0.15) is 0 Å². The van der Waals surface area contributed by atoms with E-state index < -0.39 is 0 Å². The fourth-order valence-electron chi connectivity index (χ4n) is 3.28. The van der Waals surface area contributed by atoms with Crippen LogP contribution in [-0.4, -0.2) is 35.6 Å². The molecule has 1 saturated heterocycles. The number of carbonyl (C=O) groups is 1. The van der Waals surface area contributed by atoms with Crippen LogP contribution in [0.1, 0.15) is 46.5 Å². The van der Waals surface area contributed by atoms with Crippen LogP contribution in [0.15, 0.2) is 5.38 Å². The van der Waals surface area contributed by atoms with Crippen molar-refractivity contribution < 1.29 is 9.90 Å². The van der Waals surface area contributed by atoms with E-state index in [1.54, 1.807) is 11.3 Å². The van der Waals surface area contributed by atoms with Crippen LogP contribution in [0.2, 0.25) is 0 Å². The molecule has 1 aliphatic carbocycles. The fraction of sp³-hybridized carbons (Fsp3) is 0.667. The Morgan fingerprint density at radius 3 is 3.11 bits per heavy atom. The molecule has 4 heteroatoms. The van der Waals surface area contributed by atoms with Gasteiger partial charge in [-0.3, -0.25) is 4.79 Å². The summed E-state index contributed by atoms with van der Waals surface area (Å²) in [6, 6.07) is 0. The lowest BCUT2D eigenvalue weighted by molar-refractivity contribution is 0.0784. The van der Waals surface area contributed by atoms with Gasteiger partial charge in [-0.15, -0.1) is 11.3 Å². The van der Waals surface area contributed by atoms with E-state index in [-0.39, 0.29) is 12.5 Å². The van der Waals surface area contributed by atoms with Gasteiger partial charge in [-0.2, -0.15) is 0 Å². The Morgan fingerprint density at radius 2 is 2.26 bits per heavy atom. The summed E-state index contributed by atoms with van der Waals surface area (Å²) < 4.78 is 0. The van der Waals surface area contributed by atoms with Crippen molar-refractivity contribution in [3.05, 3.63) is 21.4 Å². The predicted octanol–water partition coefficient (Wildman–Crippen LogP) is 2.47. The molecule has 0 spiro atoms. The van der Waals surface area contributed by atoms with E-state index in [0.29, 0.717) is 5.92 Å². The highest BCUT2D eigenvalue weighted by atomic mass is 32.1. The van der Waals surface area contributed by atoms with Crippen molar-refractivity contribution in [1.29, 1.82) is 0 Å². The number of hydrogen-bond acceptors (Lipinski definition) is 3. The summed E-state index contributed by atoms with van der Waals surface area (Å²) in [5, 5.41) is 11.1. The molecule has 3 rings (SSSR count). The Hall–Kier alpha value is -0.870. The van der Waals surface area contributed by atoms with Gasteiger partial charge in [-0.1, -0.05) is 0 Å². The fourth-order valence-corrected chi connectivity index (χ4v) is 4.40. The van der Waals surface area contributed by atoms with Crippen LogP contribution in [0.4, 0.5) is 0 Å². The minimum absolute atomic E-state index is 0.222. The minimum Gasteiger partial charge on any atom is -0.396 e.